The SMILES string of the molecule is COCCOCOC(=O)[C@@H]1CC2(C)OC1(C)[C@@H]1C(=O)N(c3ccc(C#N)c(C(F)(F)F)c3)C(=O)[C@@H]12. The van der Waals surface area contributed by atoms with Gasteiger partial charge in [-0.1, -0.05) is 0 Å². The highest BCUT2D eigenvalue weighted by Crippen LogP contribution is 2.63. The second-order valence-corrected chi connectivity index (χ2v) is 9.14. The number of hydrogen-bond donors (Lipinski definition) is 0. The van der Waals surface area contributed by atoms with Gasteiger partial charge in [0.05, 0.1) is 65.1 Å². The summed E-state index contributed by atoms with van der Waals surface area (Å²) >= 11 is 0. The van der Waals surface area contributed by atoms with Crippen molar-refractivity contribution in [3.63, 3.8) is 0 Å². The van der Waals surface area contributed by atoms with Gasteiger partial charge < -0.3 is 18.9 Å². The molecule has 5 atom stereocenters. The molecule has 0 saturated carbocycles. The monoisotopic (exact) mass is 496 g/mol. The number of imide groups is 1. The average Bonchev–Trinajstić information content (AvgIpc) is 3.33. The predicted molar refractivity (Wildman–Crippen MR) is 110 cm³/mol. The summed E-state index contributed by atoms with van der Waals surface area (Å²) in [7, 11) is 1.49. The Labute approximate surface area is 198 Å². The molecular formula is C23H23F3N2O7. The molecule has 0 N–H and O–H groups in total. The summed E-state index contributed by atoms with van der Waals surface area (Å²) < 4.78 is 61.6. The molecule has 4 rings (SSSR count). The molecule has 0 spiro atoms. The third-order valence-electron chi connectivity index (χ3n) is 7.02. The number of methoxy groups -OCH3 is 1. The number of carbonyl (C=O) groups is 3. The smallest absolute Gasteiger partial charge is 0.417 e. The summed E-state index contributed by atoms with van der Waals surface area (Å²) in [6.07, 6.45) is -4.77. The number of esters is 1. The third-order valence-corrected chi connectivity index (χ3v) is 7.02. The zero-order chi connectivity index (χ0) is 25.8. The lowest BCUT2D eigenvalue weighted by Crippen LogP contribution is -2.49. The molecule has 2 amide bonds. The summed E-state index contributed by atoms with van der Waals surface area (Å²) in [5, 5.41) is 9.03. The Bertz CT molecular complexity index is 1120. The number of nitriles is 1. The van der Waals surface area contributed by atoms with Crippen molar-refractivity contribution in [2.45, 2.75) is 37.6 Å². The topological polar surface area (TPSA) is 115 Å². The van der Waals surface area contributed by atoms with Crippen molar-refractivity contribution in [2.75, 3.05) is 32.0 Å². The maximum Gasteiger partial charge on any atom is 0.417 e. The van der Waals surface area contributed by atoms with Crippen LogP contribution in [0.4, 0.5) is 18.9 Å². The zero-order valence-electron chi connectivity index (χ0n) is 19.2. The molecule has 2 unspecified atom stereocenters. The first-order valence-electron chi connectivity index (χ1n) is 10.8. The Balaban J connectivity index is 1.61. The van der Waals surface area contributed by atoms with E-state index in [0.717, 1.165) is 12.1 Å². The Morgan fingerprint density at radius 3 is 2.54 bits per heavy atom. The van der Waals surface area contributed by atoms with E-state index < -0.39 is 64.0 Å². The minimum atomic E-state index is -4.86. The van der Waals surface area contributed by atoms with E-state index in [9.17, 15) is 27.6 Å². The van der Waals surface area contributed by atoms with Crippen LogP contribution in [0.25, 0.3) is 0 Å². The molecule has 188 valence electrons. The van der Waals surface area contributed by atoms with Crippen molar-refractivity contribution in [2.24, 2.45) is 17.8 Å². The van der Waals surface area contributed by atoms with Gasteiger partial charge in [-0.25, -0.2) is 4.90 Å². The van der Waals surface area contributed by atoms with Crippen LogP contribution in [0.15, 0.2) is 18.2 Å². The number of hydrogen-bond acceptors (Lipinski definition) is 8. The number of benzene rings is 1. The molecule has 0 radical (unpaired) electrons. The van der Waals surface area contributed by atoms with E-state index in [-0.39, 0.29) is 25.5 Å². The first kappa shape index (κ1) is 25.1. The van der Waals surface area contributed by atoms with Gasteiger partial charge in [-0.3, -0.25) is 14.4 Å². The zero-order valence-corrected chi connectivity index (χ0v) is 19.2. The van der Waals surface area contributed by atoms with Crippen molar-refractivity contribution in [3.05, 3.63) is 29.3 Å². The summed E-state index contributed by atoms with van der Waals surface area (Å²) in [5.74, 6) is -5.10. The molecule has 35 heavy (non-hydrogen) atoms. The second kappa shape index (κ2) is 8.58. The highest BCUT2D eigenvalue weighted by molar-refractivity contribution is 6.23. The lowest BCUT2D eigenvalue weighted by molar-refractivity contribution is -0.169. The van der Waals surface area contributed by atoms with E-state index in [1.54, 1.807) is 6.92 Å². The minimum Gasteiger partial charge on any atom is -0.438 e. The molecule has 3 aliphatic heterocycles. The van der Waals surface area contributed by atoms with Crippen molar-refractivity contribution >= 4 is 23.5 Å². The van der Waals surface area contributed by atoms with Crippen LogP contribution in [0.2, 0.25) is 0 Å². The molecule has 2 bridgehead atoms. The molecule has 3 aliphatic rings. The van der Waals surface area contributed by atoms with Crippen molar-refractivity contribution in [1.29, 1.82) is 5.26 Å². The van der Waals surface area contributed by atoms with E-state index >= 15 is 0 Å². The molecule has 3 heterocycles. The van der Waals surface area contributed by atoms with Crippen LogP contribution in [-0.2, 0) is 39.5 Å². The lowest BCUT2D eigenvalue weighted by atomic mass is 9.64. The largest absolute Gasteiger partial charge is 0.438 e. The molecule has 3 fully saturated rings. The van der Waals surface area contributed by atoms with Crippen molar-refractivity contribution in [3.8, 4) is 6.07 Å². The van der Waals surface area contributed by atoms with Gasteiger partial charge >= 0.3 is 12.1 Å². The molecule has 0 aliphatic carbocycles. The highest BCUT2D eigenvalue weighted by Gasteiger charge is 2.77. The molecule has 3 saturated heterocycles. The molecule has 1 aromatic carbocycles. The highest BCUT2D eigenvalue weighted by atomic mass is 19.4. The number of fused-ring (bicyclic) bond motifs is 5. The van der Waals surface area contributed by atoms with Crippen LogP contribution >= 0.6 is 0 Å². The summed E-state index contributed by atoms with van der Waals surface area (Å²) in [6, 6.07) is 4.13. The van der Waals surface area contributed by atoms with Gasteiger partial charge in [0.2, 0.25) is 11.8 Å². The Morgan fingerprint density at radius 1 is 1.23 bits per heavy atom. The number of rotatable bonds is 7. The quantitative estimate of drug-likeness (QED) is 0.245. The summed E-state index contributed by atoms with van der Waals surface area (Å²) in [4.78, 5) is 40.3. The minimum absolute atomic E-state index is 0.0929. The maximum atomic E-state index is 13.5. The van der Waals surface area contributed by atoms with E-state index in [4.69, 9.17) is 24.2 Å². The number of carbonyl (C=O) groups excluding carboxylic acids is 3. The van der Waals surface area contributed by atoms with Gasteiger partial charge in [0, 0.05) is 7.11 Å². The van der Waals surface area contributed by atoms with Crippen LogP contribution in [0, 0.1) is 29.1 Å². The maximum absolute atomic E-state index is 13.5. The fourth-order valence-corrected chi connectivity index (χ4v) is 5.53. The number of anilines is 1. The third kappa shape index (κ3) is 3.87. The Hall–Kier alpha value is -3.01. The fourth-order valence-electron chi connectivity index (χ4n) is 5.53. The normalized spacial score (nSPS) is 31.6. The average molecular weight is 496 g/mol. The van der Waals surface area contributed by atoms with Crippen LogP contribution in [0.1, 0.15) is 31.4 Å². The van der Waals surface area contributed by atoms with Gasteiger partial charge in [-0.15, -0.1) is 0 Å². The molecule has 12 heteroatoms. The van der Waals surface area contributed by atoms with E-state index in [1.807, 2.05) is 0 Å². The standard InChI is InChI=1S/C23H23F3N2O7/c1-21-9-15(20(31)34-11-33-7-6-32-3)22(2,35-21)17-16(21)18(29)28(19(17)30)13-5-4-12(10-27)14(8-13)23(24,25)26/h4-5,8,15-17H,6-7,9,11H2,1-3H3/t15-,16+,17-,21?,22?/m0/s1. The fraction of sp³-hybridized carbons (Fsp3) is 0.565. The molecular weight excluding hydrogens is 473 g/mol. The first-order chi connectivity index (χ1) is 16.4. The van der Waals surface area contributed by atoms with E-state index in [2.05, 4.69) is 0 Å². The number of alkyl halides is 3. The van der Waals surface area contributed by atoms with Gasteiger partial charge in [-0.05, 0) is 38.5 Å². The number of nitrogens with zero attached hydrogens (tertiary/aromatic N) is 2. The molecule has 1 aromatic rings. The van der Waals surface area contributed by atoms with Crippen LogP contribution in [0.5, 0.6) is 0 Å². The Morgan fingerprint density at radius 2 is 1.91 bits per heavy atom. The Kier molecular flexibility index (Phi) is 6.15. The van der Waals surface area contributed by atoms with Gasteiger partial charge in [0.25, 0.3) is 0 Å². The second-order valence-electron chi connectivity index (χ2n) is 9.14. The van der Waals surface area contributed by atoms with Crippen LogP contribution in [-0.4, -0.2) is 56.1 Å². The van der Waals surface area contributed by atoms with Crippen LogP contribution < -0.4 is 4.90 Å². The van der Waals surface area contributed by atoms with E-state index in [0.29, 0.717) is 17.6 Å². The van der Waals surface area contributed by atoms with Gasteiger partial charge in [0.15, 0.2) is 6.79 Å². The summed E-state index contributed by atoms with van der Waals surface area (Å²) in [5.41, 5.74) is -4.76. The van der Waals surface area contributed by atoms with Gasteiger partial charge in [0.1, 0.15) is 0 Å². The van der Waals surface area contributed by atoms with Crippen molar-refractivity contribution in [1.82, 2.24) is 0 Å². The van der Waals surface area contributed by atoms with Gasteiger partial charge in [-0.2, -0.15) is 18.4 Å². The van der Waals surface area contributed by atoms with Crippen molar-refractivity contribution < 1.29 is 46.5 Å². The summed E-state index contributed by atoms with van der Waals surface area (Å²) in [6.45, 7) is 3.32. The lowest BCUT2D eigenvalue weighted by Gasteiger charge is -2.33. The number of ether oxygens (including phenoxy) is 4. The predicted octanol–water partition coefficient (Wildman–Crippen LogP) is 2.41. The van der Waals surface area contributed by atoms with Crippen LogP contribution in [0.3, 0.4) is 0 Å². The number of amides is 2. The molecule has 0 aromatic heterocycles. The number of halogens is 3. The molecule has 9 nitrogen and oxygen atoms in total. The first-order valence-corrected chi connectivity index (χ1v) is 10.8. The van der Waals surface area contributed by atoms with E-state index in [1.165, 1.54) is 20.1 Å².